The van der Waals surface area contributed by atoms with Crippen LogP contribution in [0.15, 0.2) is 48.5 Å². The van der Waals surface area contributed by atoms with Gasteiger partial charge in [0.25, 0.3) is 5.69 Å². The first-order valence-corrected chi connectivity index (χ1v) is 8.93. The van der Waals surface area contributed by atoms with Crippen LogP contribution in [0.2, 0.25) is 0 Å². The fourth-order valence-electron chi connectivity index (χ4n) is 3.51. The third kappa shape index (κ3) is 3.46. The monoisotopic (exact) mass is 364 g/mol. The van der Waals surface area contributed by atoms with Gasteiger partial charge in [-0.2, -0.15) is 0 Å². The summed E-state index contributed by atoms with van der Waals surface area (Å²) in [6.07, 6.45) is 0.232. The number of fused-ring (bicyclic) bond motifs is 1. The van der Waals surface area contributed by atoms with Crippen LogP contribution in [-0.2, 0) is 4.74 Å². The first-order valence-electron chi connectivity index (χ1n) is 8.93. The smallest absolute Gasteiger partial charge is 0.269 e. The Kier molecular flexibility index (Phi) is 4.45. The van der Waals surface area contributed by atoms with Crippen LogP contribution in [0.1, 0.15) is 13.8 Å². The van der Waals surface area contributed by atoms with Crippen molar-refractivity contribution in [3.8, 4) is 11.4 Å². The average molecular weight is 364 g/mol. The van der Waals surface area contributed by atoms with Gasteiger partial charge in [-0.05, 0) is 38.1 Å². The lowest BCUT2D eigenvalue weighted by molar-refractivity contribution is -0.384. The molecule has 1 aliphatic heterocycles. The fourth-order valence-corrected chi connectivity index (χ4v) is 3.51. The molecule has 1 fully saturated rings. The van der Waals surface area contributed by atoms with E-state index in [1.807, 2.05) is 24.3 Å². The van der Waals surface area contributed by atoms with Crippen molar-refractivity contribution in [2.24, 2.45) is 0 Å². The van der Waals surface area contributed by atoms with Crippen LogP contribution in [-0.4, -0.2) is 40.2 Å². The van der Waals surface area contributed by atoms with E-state index in [1.54, 1.807) is 12.1 Å². The summed E-state index contributed by atoms with van der Waals surface area (Å²) in [6, 6.07) is 14.3. The second-order valence-electron chi connectivity index (χ2n) is 6.85. The van der Waals surface area contributed by atoms with Gasteiger partial charge in [-0.3, -0.25) is 10.1 Å². The predicted molar refractivity (Wildman–Crippen MR) is 104 cm³/mol. The SMILES string of the molecule is C[C@@H]1CN(c2nc(-c3ccc([N+](=O)[O-])cc3)nc3ccccc23)C[C@@H](C)O1. The van der Waals surface area contributed by atoms with E-state index in [0.717, 1.165) is 35.4 Å². The number of rotatable bonds is 3. The van der Waals surface area contributed by atoms with Crippen molar-refractivity contribution in [2.75, 3.05) is 18.0 Å². The maximum Gasteiger partial charge on any atom is 0.269 e. The Morgan fingerprint density at radius 1 is 1.04 bits per heavy atom. The number of nitrogens with zero attached hydrogens (tertiary/aromatic N) is 4. The molecule has 4 rings (SSSR count). The van der Waals surface area contributed by atoms with Crippen LogP contribution in [0.5, 0.6) is 0 Å². The number of para-hydroxylation sites is 1. The summed E-state index contributed by atoms with van der Waals surface area (Å²) in [5.41, 5.74) is 1.65. The topological polar surface area (TPSA) is 81.4 Å². The summed E-state index contributed by atoms with van der Waals surface area (Å²) in [6.45, 7) is 5.63. The first-order chi connectivity index (χ1) is 13.0. The van der Waals surface area contributed by atoms with E-state index in [-0.39, 0.29) is 17.9 Å². The van der Waals surface area contributed by atoms with Crippen molar-refractivity contribution in [1.29, 1.82) is 0 Å². The maximum absolute atomic E-state index is 10.9. The van der Waals surface area contributed by atoms with Crippen molar-refractivity contribution in [2.45, 2.75) is 26.1 Å². The lowest BCUT2D eigenvalue weighted by atomic mass is 10.1. The molecule has 2 atom stereocenters. The van der Waals surface area contributed by atoms with Crippen LogP contribution in [0.3, 0.4) is 0 Å². The van der Waals surface area contributed by atoms with Gasteiger partial charge in [-0.1, -0.05) is 12.1 Å². The molecule has 7 heteroatoms. The van der Waals surface area contributed by atoms with Gasteiger partial charge < -0.3 is 9.64 Å². The quantitative estimate of drug-likeness (QED) is 0.519. The molecule has 3 aromatic rings. The Balaban J connectivity index is 1.82. The molecule has 0 radical (unpaired) electrons. The van der Waals surface area contributed by atoms with E-state index in [4.69, 9.17) is 9.72 Å². The molecule has 0 amide bonds. The Hall–Kier alpha value is -3.06. The van der Waals surface area contributed by atoms with Crippen molar-refractivity contribution < 1.29 is 9.66 Å². The normalized spacial score (nSPS) is 20.0. The summed E-state index contributed by atoms with van der Waals surface area (Å²) < 4.78 is 5.85. The molecular formula is C20H20N4O3. The molecule has 0 spiro atoms. The van der Waals surface area contributed by atoms with E-state index in [0.29, 0.717) is 5.82 Å². The summed E-state index contributed by atoms with van der Waals surface area (Å²) in [7, 11) is 0. The molecule has 7 nitrogen and oxygen atoms in total. The Morgan fingerprint density at radius 3 is 2.37 bits per heavy atom. The van der Waals surface area contributed by atoms with Gasteiger partial charge in [-0.25, -0.2) is 9.97 Å². The van der Waals surface area contributed by atoms with Crippen LogP contribution < -0.4 is 4.90 Å². The lowest BCUT2D eigenvalue weighted by Gasteiger charge is -2.36. The molecule has 2 aromatic carbocycles. The van der Waals surface area contributed by atoms with E-state index >= 15 is 0 Å². The average Bonchev–Trinajstić information content (AvgIpc) is 2.66. The van der Waals surface area contributed by atoms with Crippen molar-refractivity contribution in [1.82, 2.24) is 9.97 Å². The molecule has 0 aliphatic carbocycles. The summed E-state index contributed by atoms with van der Waals surface area (Å²) in [5, 5.41) is 11.9. The third-order valence-corrected chi connectivity index (χ3v) is 4.64. The van der Waals surface area contributed by atoms with Gasteiger partial charge >= 0.3 is 0 Å². The number of non-ortho nitro benzene ring substituents is 1. The third-order valence-electron chi connectivity index (χ3n) is 4.64. The Morgan fingerprint density at radius 2 is 1.70 bits per heavy atom. The van der Waals surface area contributed by atoms with Gasteiger partial charge in [0.15, 0.2) is 5.82 Å². The molecule has 2 heterocycles. The largest absolute Gasteiger partial charge is 0.372 e. The van der Waals surface area contributed by atoms with E-state index in [2.05, 4.69) is 23.7 Å². The van der Waals surface area contributed by atoms with E-state index in [1.165, 1.54) is 12.1 Å². The molecular weight excluding hydrogens is 344 g/mol. The molecule has 1 aliphatic rings. The number of aromatic nitrogens is 2. The van der Waals surface area contributed by atoms with E-state index < -0.39 is 4.92 Å². The van der Waals surface area contributed by atoms with Gasteiger partial charge in [-0.15, -0.1) is 0 Å². The van der Waals surface area contributed by atoms with Crippen LogP contribution in [0, 0.1) is 10.1 Å². The highest BCUT2D eigenvalue weighted by molar-refractivity contribution is 5.91. The summed E-state index contributed by atoms with van der Waals surface area (Å²) in [5.74, 6) is 1.43. The Labute approximate surface area is 156 Å². The highest BCUT2D eigenvalue weighted by atomic mass is 16.6. The Bertz CT molecular complexity index is 980. The van der Waals surface area contributed by atoms with Crippen molar-refractivity contribution in [3.05, 3.63) is 58.6 Å². The zero-order valence-corrected chi connectivity index (χ0v) is 15.2. The second kappa shape index (κ2) is 6.92. The highest BCUT2D eigenvalue weighted by Crippen LogP contribution is 2.30. The summed E-state index contributed by atoms with van der Waals surface area (Å²) >= 11 is 0. The molecule has 138 valence electrons. The molecule has 0 saturated carbocycles. The van der Waals surface area contributed by atoms with Gasteiger partial charge in [0.1, 0.15) is 5.82 Å². The standard InChI is InChI=1S/C20H20N4O3/c1-13-11-23(12-14(2)27-13)20-17-5-3-4-6-18(17)21-19(22-20)15-7-9-16(10-8-15)24(25)26/h3-10,13-14H,11-12H2,1-2H3/t13-,14-/m1/s1. The molecule has 1 aromatic heterocycles. The minimum absolute atomic E-state index is 0.0515. The van der Waals surface area contributed by atoms with Crippen LogP contribution >= 0.6 is 0 Å². The van der Waals surface area contributed by atoms with Gasteiger partial charge in [0.05, 0.1) is 22.6 Å². The zero-order valence-electron chi connectivity index (χ0n) is 15.2. The number of benzene rings is 2. The first kappa shape index (κ1) is 17.4. The molecule has 0 bridgehead atoms. The minimum atomic E-state index is -0.410. The zero-order chi connectivity index (χ0) is 19.0. The molecule has 0 N–H and O–H groups in total. The number of anilines is 1. The molecule has 27 heavy (non-hydrogen) atoms. The van der Waals surface area contributed by atoms with Crippen molar-refractivity contribution >= 4 is 22.4 Å². The second-order valence-corrected chi connectivity index (χ2v) is 6.85. The number of nitro benzene ring substituents is 1. The highest BCUT2D eigenvalue weighted by Gasteiger charge is 2.25. The van der Waals surface area contributed by atoms with E-state index in [9.17, 15) is 10.1 Å². The number of nitro groups is 1. The molecule has 1 saturated heterocycles. The molecule has 0 unspecified atom stereocenters. The summed E-state index contributed by atoms with van der Waals surface area (Å²) in [4.78, 5) is 22.2. The van der Waals surface area contributed by atoms with Crippen molar-refractivity contribution in [3.63, 3.8) is 0 Å². The van der Waals surface area contributed by atoms with Crippen LogP contribution in [0.25, 0.3) is 22.3 Å². The van der Waals surface area contributed by atoms with Crippen LogP contribution in [0.4, 0.5) is 11.5 Å². The maximum atomic E-state index is 10.9. The number of ether oxygens (including phenoxy) is 1. The van der Waals surface area contributed by atoms with Gasteiger partial charge in [0, 0.05) is 36.2 Å². The minimum Gasteiger partial charge on any atom is -0.372 e. The number of hydrogen-bond acceptors (Lipinski definition) is 6. The number of morpholine rings is 1. The van der Waals surface area contributed by atoms with Gasteiger partial charge in [0.2, 0.25) is 0 Å². The fraction of sp³-hybridized carbons (Fsp3) is 0.300. The predicted octanol–water partition coefficient (Wildman–Crippen LogP) is 3.82. The lowest BCUT2D eigenvalue weighted by Crippen LogP contribution is -2.46. The number of hydrogen-bond donors (Lipinski definition) is 0.